The van der Waals surface area contributed by atoms with Crippen LogP contribution in [0.2, 0.25) is 0 Å². The Kier molecular flexibility index (Phi) is 4.19. The third-order valence-electron chi connectivity index (χ3n) is 3.76. The maximum Gasteiger partial charge on any atom is 0.125 e. The molecule has 0 bridgehead atoms. The Morgan fingerprint density at radius 1 is 1.00 bits per heavy atom. The minimum absolute atomic E-state index is 0.0507. The second-order valence-electron chi connectivity index (χ2n) is 5.39. The van der Waals surface area contributed by atoms with Crippen LogP contribution in [-0.2, 0) is 0 Å². The minimum atomic E-state index is -0.234. The normalized spacial score (nSPS) is 17.3. The number of hydrogen-bond acceptors (Lipinski definition) is 4. The van der Waals surface area contributed by atoms with Crippen LogP contribution in [0.15, 0.2) is 77.1 Å². The highest BCUT2D eigenvalue weighted by Crippen LogP contribution is 2.34. The van der Waals surface area contributed by atoms with E-state index in [1.54, 1.807) is 34.8 Å². The number of halogens is 1. The van der Waals surface area contributed by atoms with Gasteiger partial charge in [0.05, 0.1) is 11.4 Å². The summed E-state index contributed by atoms with van der Waals surface area (Å²) in [6, 6.07) is 15.0. The van der Waals surface area contributed by atoms with Crippen molar-refractivity contribution in [2.45, 2.75) is 6.04 Å². The average Bonchev–Trinajstić information content (AvgIpc) is 3.33. The first-order valence-corrected chi connectivity index (χ1v) is 9.34. The van der Waals surface area contributed by atoms with E-state index < -0.39 is 0 Å². The molecule has 4 rings (SSSR count). The summed E-state index contributed by atoms with van der Waals surface area (Å²) in [7, 11) is 0. The zero-order valence-electron chi connectivity index (χ0n) is 12.7. The molecule has 0 saturated heterocycles. The second kappa shape index (κ2) is 6.63. The van der Waals surface area contributed by atoms with Crippen LogP contribution in [-0.4, -0.2) is 0 Å². The molecule has 1 aromatic carbocycles. The number of nitrogens with zero attached hydrogens (tertiary/aromatic N) is 1. The number of allylic oxidation sites excluding steroid dienone is 1. The number of hydrogen-bond donors (Lipinski definition) is 1. The number of anilines is 1. The lowest BCUT2D eigenvalue weighted by molar-refractivity contribution is 0.623. The van der Waals surface area contributed by atoms with E-state index in [-0.39, 0.29) is 11.9 Å². The maximum absolute atomic E-state index is 13.6. The number of nitrogens with one attached hydrogen (secondary N) is 1. The molecular weight excluding hydrogens is 339 g/mol. The van der Waals surface area contributed by atoms with Crippen molar-refractivity contribution in [3.8, 4) is 0 Å². The van der Waals surface area contributed by atoms with Crippen LogP contribution in [0, 0.1) is 5.82 Å². The smallest absolute Gasteiger partial charge is 0.125 e. The van der Waals surface area contributed by atoms with Gasteiger partial charge in [-0.3, -0.25) is 10.4 Å². The molecule has 2 aromatic heterocycles. The Morgan fingerprint density at radius 2 is 1.88 bits per heavy atom. The van der Waals surface area contributed by atoms with Crippen molar-refractivity contribution in [1.82, 2.24) is 5.43 Å². The van der Waals surface area contributed by atoms with Gasteiger partial charge in [-0.15, -0.1) is 22.7 Å². The van der Waals surface area contributed by atoms with Crippen molar-refractivity contribution in [1.29, 1.82) is 0 Å². The highest BCUT2D eigenvalue weighted by atomic mass is 32.1. The summed E-state index contributed by atoms with van der Waals surface area (Å²) >= 11 is 3.40. The van der Waals surface area contributed by atoms with Crippen LogP contribution in [0.5, 0.6) is 0 Å². The molecule has 1 aliphatic rings. The van der Waals surface area contributed by atoms with E-state index in [1.165, 1.54) is 15.8 Å². The standard InChI is InChI=1S/C19H15FN2S2/c20-14-4-1-5-16(12-14)22-18(19-7-3-11-24-19)13-15(21-22)8-9-17-6-2-10-23-17/h1-13,18,21H/t18-/m0/s1. The minimum Gasteiger partial charge on any atom is -0.298 e. The van der Waals surface area contributed by atoms with E-state index in [1.807, 2.05) is 23.2 Å². The predicted octanol–water partition coefficient (Wildman–Crippen LogP) is 5.61. The van der Waals surface area contributed by atoms with Crippen molar-refractivity contribution in [2.24, 2.45) is 0 Å². The molecule has 1 atom stereocenters. The van der Waals surface area contributed by atoms with Gasteiger partial charge in [-0.2, -0.15) is 0 Å². The fourth-order valence-corrected chi connectivity index (χ4v) is 4.06. The summed E-state index contributed by atoms with van der Waals surface area (Å²) in [6.45, 7) is 0. The summed E-state index contributed by atoms with van der Waals surface area (Å²) in [5.74, 6) is -0.234. The molecule has 120 valence electrons. The van der Waals surface area contributed by atoms with Crippen molar-refractivity contribution in [3.05, 3.63) is 92.7 Å². The maximum atomic E-state index is 13.6. The van der Waals surface area contributed by atoms with Crippen molar-refractivity contribution < 1.29 is 4.39 Å². The lowest BCUT2D eigenvalue weighted by atomic mass is 10.2. The zero-order chi connectivity index (χ0) is 16.4. The first-order valence-electron chi connectivity index (χ1n) is 7.58. The van der Waals surface area contributed by atoms with Crippen molar-refractivity contribution >= 4 is 34.4 Å². The summed E-state index contributed by atoms with van der Waals surface area (Å²) in [5.41, 5.74) is 5.20. The van der Waals surface area contributed by atoms with Gasteiger partial charge in [0.25, 0.3) is 0 Å². The SMILES string of the molecule is Fc1cccc(N2NC(C=Cc3cccs3)=C[C@H]2c2cccs2)c1. The molecule has 0 unspecified atom stereocenters. The van der Waals surface area contributed by atoms with Crippen LogP contribution < -0.4 is 10.4 Å². The fourth-order valence-electron chi connectivity index (χ4n) is 2.66. The van der Waals surface area contributed by atoms with E-state index in [2.05, 4.69) is 46.5 Å². The van der Waals surface area contributed by atoms with Gasteiger partial charge in [0, 0.05) is 9.75 Å². The molecule has 0 fully saturated rings. The van der Waals surface area contributed by atoms with Gasteiger partial charge in [-0.1, -0.05) is 18.2 Å². The highest BCUT2D eigenvalue weighted by molar-refractivity contribution is 7.10. The van der Waals surface area contributed by atoms with Crippen LogP contribution in [0.4, 0.5) is 10.1 Å². The molecule has 2 nitrogen and oxygen atoms in total. The number of rotatable bonds is 4. The number of benzene rings is 1. The average molecular weight is 354 g/mol. The largest absolute Gasteiger partial charge is 0.298 e. The van der Waals surface area contributed by atoms with Gasteiger partial charge >= 0.3 is 0 Å². The fraction of sp³-hybridized carbons (Fsp3) is 0.0526. The summed E-state index contributed by atoms with van der Waals surface area (Å²) in [4.78, 5) is 2.42. The third kappa shape index (κ3) is 3.13. The van der Waals surface area contributed by atoms with Crippen LogP contribution in [0.3, 0.4) is 0 Å². The number of hydrazine groups is 1. The van der Waals surface area contributed by atoms with Gasteiger partial charge < -0.3 is 0 Å². The molecule has 1 aliphatic heterocycles. The molecule has 0 saturated carbocycles. The van der Waals surface area contributed by atoms with E-state index in [0.717, 1.165) is 11.4 Å². The van der Waals surface area contributed by atoms with Crippen LogP contribution in [0.25, 0.3) is 6.08 Å². The first-order chi connectivity index (χ1) is 11.8. The van der Waals surface area contributed by atoms with Crippen LogP contribution in [0.1, 0.15) is 15.8 Å². The second-order valence-corrected chi connectivity index (χ2v) is 7.35. The van der Waals surface area contributed by atoms with Gasteiger partial charge in [-0.05, 0) is 59.3 Å². The summed E-state index contributed by atoms with van der Waals surface area (Å²) < 4.78 is 13.6. The Balaban J connectivity index is 1.65. The lowest BCUT2D eigenvalue weighted by Crippen LogP contribution is -2.33. The van der Waals surface area contributed by atoms with Crippen LogP contribution >= 0.6 is 22.7 Å². The molecule has 3 heterocycles. The van der Waals surface area contributed by atoms with Gasteiger partial charge in [0.1, 0.15) is 11.9 Å². The first kappa shape index (κ1) is 15.2. The summed E-state index contributed by atoms with van der Waals surface area (Å²) in [5, 5.41) is 6.12. The monoisotopic (exact) mass is 354 g/mol. The Bertz CT molecular complexity index is 867. The van der Waals surface area contributed by atoms with Crippen molar-refractivity contribution in [3.63, 3.8) is 0 Å². The van der Waals surface area contributed by atoms with Gasteiger partial charge in [-0.25, -0.2) is 4.39 Å². The molecule has 0 spiro atoms. The quantitative estimate of drug-likeness (QED) is 0.655. The Morgan fingerprint density at radius 3 is 2.62 bits per heavy atom. The molecule has 0 aliphatic carbocycles. The Labute approximate surface area is 148 Å². The van der Waals surface area contributed by atoms with E-state index in [0.29, 0.717) is 0 Å². The third-order valence-corrected chi connectivity index (χ3v) is 5.54. The predicted molar refractivity (Wildman–Crippen MR) is 101 cm³/mol. The van der Waals surface area contributed by atoms with Crippen molar-refractivity contribution in [2.75, 3.05) is 5.01 Å². The molecule has 0 amide bonds. The highest BCUT2D eigenvalue weighted by Gasteiger charge is 2.26. The molecular formula is C19H15FN2S2. The molecule has 3 aromatic rings. The molecule has 5 heteroatoms. The van der Waals surface area contributed by atoms with E-state index in [9.17, 15) is 4.39 Å². The lowest BCUT2D eigenvalue weighted by Gasteiger charge is -2.26. The Hall–Kier alpha value is -2.37. The van der Waals surface area contributed by atoms with Gasteiger partial charge in [0.2, 0.25) is 0 Å². The molecule has 24 heavy (non-hydrogen) atoms. The summed E-state index contributed by atoms with van der Waals surface area (Å²) in [6.07, 6.45) is 6.32. The number of thiophene rings is 2. The van der Waals surface area contributed by atoms with Gasteiger partial charge in [0.15, 0.2) is 0 Å². The topological polar surface area (TPSA) is 15.3 Å². The molecule has 0 radical (unpaired) electrons. The molecule has 1 N–H and O–H groups in total. The van der Waals surface area contributed by atoms with E-state index >= 15 is 0 Å². The van der Waals surface area contributed by atoms with E-state index in [4.69, 9.17) is 0 Å². The zero-order valence-corrected chi connectivity index (χ0v) is 14.4.